The van der Waals surface area contributed by atoms with E-state index in [-0.39, 0.29) is 6.42 Å². The molecular weight excluding hydrogens is 180 g/mol. The van der Waals surface area contributed by atoms with Crippen LogP contribution < -0.4 is 11.1 Å². The molecule has 0 radical (unpaired) electrons. The molecule has 1 amide bonds. The zero-order valence-electron chi connectivity index (χ0n) is 7.47. The molecule has 3 N–H and O–H groups in total. The summed E-state index contributed by atoms with van der Waals surface area (Å²) >= 11 is 0. The third kappa shape index (κ3) is 2.75. The summed E-state index contributed by atoms with van der Waals surface area (Å²) in [7, 11) is 0. The van der Waals surface area contributed by atoms with E-state index in [1.54, 1.807) is 18.5 Å². The molecule has 1 aromatic rings. The highest BCUT2D eigenvalue weighted by Gasteiger charge is 2.14. The Labute approximate surface area is 81.7 Å². The van der Waals surface area contributed by atoms with E-state index < -0.39 is 11.9 Å². The Kier molecular flexibility index (Phi) is 3.44. The highest BCUT2D eigenvalue weighted by Crippen LogP contribution is 2.00. The van der Waals surface area contributed by atoms with Crippen molar-refractivity contribution >= 4 is 11.9 Å². The van der Waals surface area contributed by atoms with Crippen LogP contribution in [0.25, 0.3) is 0 Å². The second-order valence-corrected chi connectivity index (χ2v) is 2.58. The van der Waals surface area contributed by atoms with Crippen LogP contribution in [0.15, 0.2) is 18.5 Å². The van der Waals surface area contributed by atoms with Gasteiger partial charge in [-0.1, -0.05) is 0 Å². The van der Waals surface area contributed by atoms with Gasteiger partial charge in [-0.25, -0.2) is 9.97 Å². The fourth-order valence-corrected chi connectivity index (χ4v) is 0.870. The van der Waals surface area contributed by atoms with E-state index in [9.17, 15) is 4.79 Å². The second kappa shape index (κ2) is 4.82. The molecule has 1 atom stereocenters. The minimum Gasteiger partial charge on any atom is -0.368 e. The van der Waals surface area contributed by atoms with Gasteiger partial charge in [0.25, 0.3) is 0 Å². The predicted molar refractivity (Wildman–Crippen MR) is 52.1 cm³/mol. The molecule has 5 nitrogen and oxygen atoms in total. The first-order valence-corrected chi connectivity index (χ1v) is 4.00. The fraction of sp³-hybridized carbons (Fsp3) is 0.222. The van der Waals surface area contributed by atoms with Crippen LogP contribution >= 0.6 is 0 Å². The van der Waals surface area contributed by atoms with E-state index in [1.165, 1.54) is 0 Å². The van der Waals surface area contributed by atoms with Crippen molar-refractivity contribution in [3.8, 4) is 12.3 Å². The number of terminal acetylenes is 1. The first-order chi connectivity index (χ1) is 6.74. The second-order valence-electron chi connectivity index (χ2n) is 2.58. The monoisotopic (exact) mass is 190 g/mol. The molecule has 0 aliphatic rings. The molecule has 72 valence electrons. The molecule has 0 spiro atoms. The van der Waals surface area contributed by atoms with Crippen LogP contribution in [0.3, 0.4) is 0 Å². The summed E-state index contributed by atoms with van der Waals surface area (Å²) in [5, 5.41) is 2.74. The standard InChI is InChI=1S/C9H10N4O/c1-2-4-7(8(10)14)13-9-11-5-3-6-12-9/h1,3,5-7H,4H2,(H2,10,14)(H,11,12,13). The summed E-state index contributed by atoms with van der Waals surface area (Å²) in [6, 6.07) is 1.05. The molecule has 1 heterocycles. The fourth-order valence-electron chi connectivity index (χ4n) is 0.870. The smallest absolute Gasteiger partial charge is 0.241 e. The number of anilines is 1. The van der Waals surface area contributed by atoms with Crippen molar-refractivity contribution in [2.24, 2.45) is 5.73 Å². The first-order valence-electron chi connectivity index (χ1n) is 4.00. The number of nitrogens with zero attached hydrogens (tertiary/aromatic N) is 2. The number of rotatable bonds is 4. The highest BCUT2D eigenvalue weighted by atomic mass is 16.1. The Balaban J connectivity index is 2.66. The quantitative estimate of drug-likeness (QED) is 0.642. The van der Waals surface area contributed by atoms with Crippen molar-refractivity contribution in [2.75, 3.05) is 5.32 Å². The Morgan fingerprint density at radius 2 is 2.29 bits per heavy atom. The highest BCUT2D eigenvalue weighted by molar-refractivity contribution is 5.82. The number of hydrogen-bond donors (Lipinski definition) is 2. The lowest BCUT2D eigenvalue weighted by Gasteiger charge is -2.11. The molecule has 14 heavy (non-hydrogen) atoms. The summed E-state index contributed by atoms with van der Waals surface area (Å²) in [5.41, 5.74) is 5.12. The van der Waals surface area contributed by atoms with Crippen LogP contribution in [-0.4, -0.2) is 21.9 Å². The van der Waals surface area contributed by atoms with Crippen molar-refractivity contribution in [1.82, 2.24) is 9.97 Å². The number of aromatic nitrogens is 2. The third-order valence-corrected chi connectivity index (χ3v) is 1.53. The zero-order valence-corrected chi connectivity index (χ0v) is 7.47. The maximum absolute atomic E-state index is 10.9. The molecular formula is C9H10N4O. The number of primary amides is 1. The maximum Gasteiger partial charge on any atom is 0.241 e. The molecule has 0 fully saturated rings. The third-order valence-electron chi connectivity index (χ3n) is 1.53. The molecule has 5 heteroatoms. The van der Waals surface area contributed by atoms with E-state index in [2.05, 4.69) is 21.2 Å². The van der Waals surface area contributed by atoms with Gasteiger partial charge in [0.2, 0.25) is 11.9 Å². The SMILES string of the molecule is C#CCC(Nc1ncccn1)C(N)=O. The average molecular weight is 190 g/mol. The molecule has 0 saturated carbocycles. The molecule has 0 aromatic carbocycles. The van der Waals surface area contributed by atoms with E-state index in [4.69, 9.17) is 12.2 Å². The summed E-state index contributed by atoms with van der Waals surface area (Å²) in [6.45, 7) is 0. The van der Waals surface area contributed by atoms with Gasteiger partial charge < -0.3 is 11.1 Å². The van der Waals surface area contributed by atoms with E-state index in [0.717, 1.165) is 0 Å². The van der Waals surface area contributed by atoms with Gasteiger partial charge in [0.1, 0.15) is 6.04 Å². The normalized spacial score (nSPS) is 11.4. The van der Waals surface area contributed by atoms with Crippen LogP contribution in [0.2, 0.25) is 0 Å². The van der Waals surface area contributed by atoms with Crippen molar-refractivity contribution in [2.45, 2.75) is 12.5 Å². The lowest BCUT2D eigenvalue weighted by Crippen LogP contribution is -2.35. The Morgan fingerprint density at radius 1 is 1.64 bits per heavy atom. The zero-order chi connectivity index (χ0) is 10.4. The minimum absolute atomic E-state index is 0.216. The molecule has 0 aliphatic heterocycles. The van der Waals surface area contributed by atoms with Gasteiger partial charge in [0.05, 0.1) is 0 Å². The van der Waals surface area contributed by atoms with Gasteiger partial charge in [-0.05, 0) is 6.07 Å². The summed E-state index contributed by atoms with van der Waals surface area (Å²) in [4.78, 5) is 18.7. The number of nitrogens with two attached hydrogens (primary N) is 1. The summed E-state index contributed by atoms with van der Waals surface area (Å²) in [5.74, 6) is 2.17. The van der Waals surface area contributed by atoms with Crippen LogP contribution in [0, 0.1) is 12.3 Å². The van der Waals surface area contributed by atoms with Gasteiger partial charge in [0.15, 0.2) is 0 Å². The van der Waals surface area contributed by atoms with Crippen molar-refractivity contribution in [1.29, 1.82) is 0 Å². The number of carbonyl (C=O) groups excluding carboxylic acids is 1. The largest absolute Gasteiger partial charge is 0.368 e. The van der Waals surface area contributed by atoms with Crippen LogP contribution in [-0.2, 0) is 4.79 Å². The number of hydrogen-bond acceptors (Lipinski definition) is 4. The summed E-state index contributed by atoms with van der Waals surface area (Å²) in [6.07, 6.45) is 8.42. The minimum atomic E-state index is -0.623. The van der Waals surface area contributed by atoms with E-state index >= 15 is 0 Å². The Bertz CT molecular complexity index is 344. The van der Waals surface area contributed by atoms with Gasteiger partial charge in [0, 0.05) is 18.8 Å². The molecule has 0 bridgehead atoms. The molecule has 1 aromatic heterocycles. The molecule has 0 aliphatic carbocycles. The van der Waals surface area contributed by atoms with Gasteiger partial charge >= 0.3 is 0 Å². The van der Waals surface area contributed by atoms with Crippen molar-refractivity contribution in [3.05, 3.63) is 18.5 Å². The van der Waals surface area contributed by atoms with Gasteiger partial charge in [-0.15, -0.1) is 12.3 Å². The van der Waals surface area contributed by atoms with E-state index in [1.807, 2.05) is 0 Å². The van der Waals surface area contributed by atoms with Crippen molar-refractivity contribution in [3.63, 3.8) is 0 Å². The maximum atomic E-state index is 10.9. The van der Waals surface area contributed by atoms with Crippen molar-refractivity contribution < 1.29 is 4.79 Å². The van der Waals surface area contributed by atoms with Gasteiger partial charge in [-0.2, -0.15) is 0 Å². The predicted octanol–water partition coefficient (Wildman–Crippen LogP) is -0.234. The lowest BCUT2D eigenvalue weighted by molar-refractivity contribution is -0.118. The number of amides is 1. The summed E-state index contributed by atoms with van der Waals surface area (Å²) < 4.78 is 0. The van der Waals surface area contributed by atoms with Gasteiger partial charge in [-0.3, -0.25) is 4.79 Å². The average Bonchev–Trinajstić information content (AvgIpc) is 2.18. The van der Waals surface area contributed by atoms with Crippen LogP contribution in [0.4, 0.5) is 5.95 Å². The first kappa shape index (κ1) is 9.99. The Morgan fingerprint density at radius 3 is 2.79 bits per heavy atom. The lowest BCUT2D eigenvalue weighted by atomic mass is 10.2. The molecule has 1 rings (SSSR count). The van der Waals surface area contributed by atoms with Crippen LogP contribution in [0.5, 0.6) is 0 Å². The number of carbonyl (C=O) groups is 1. The van der Waals surface area contributed by atoms with Crippen LogP contribution in [0.1, 0.15) is 6.42 Å². The molecule has 0 saturated heterocycles. The topological polar surface area (TPSA) is 80.9 Å². The van der Waals surface area contributed by atoms with E-state index in [0.29, 0.717) is 5.95 Å². The number of nitrogens with one attached hydrogen (secondary N) is 1. The molecule has 1 unspecified atom stereocenters. The Hall–Kier alpha value is -2.09.